The van der Waals surface area contributed by atoms with Gasteiger partial charge in [0.2, 0.25) is 0 Å². The third-order valence-electron chi connectivity index (χ3n) is 9.02. The molecule has 0 N–H and O–H groups in total. The van der Waals surface area contributed by atoms with Crippen LogP contribution < -0.4 is 0 Å². The van der Waals surface area contributed by atoms with Gasteiger partial charge in [0.1, 0.15) is 0 Å². The lowest BCUT2D eigenvalue weighted by molar-refractivity contribution is 1.54. The van der Waals surface area contributed by atoms with E-state index < -0.39 is 0 Å². The molecule has 9 rings (SSSR count). The zero-order chi connectivity index (χ0) is 27.6. The molecule has 7 aromatic carbocycles. The Morgan fingerprint density at radius 2 is 0.619 bits per heavy atom. The fourth-order valence-corrected chi connectivity index (χ4v) is 7.29. The Labute approximate surface area is 245 Å². The lowest BCUT2D eigenvalue weighted by Gasteiger charge is -2.16. The average molecular weight is 531 g/mol. The molecule has 0 unspecified atom stereocenters. The van der Waals surface area contributed by atoms with Gasteiger partial charge in [-0.05, 0) is 88.3 Å². The number of hydrogen-bond acceptors (Lipinski definition) is 0. The largest absolute Gasteiger partial charge is 0.0622 e. The van der Waals surface area contributed by atoms with Crippen LogP contribution >= 0.6 is 0 Å². The second-order valence-electron chi connectivity index (χ2n) is 11.2. The Kier molecular flexibility index (Phi) is 5.00. The van der Waals surface area contributed by atoms with E-state index in [1.54, 1.807) is 0 Å². The number of rotatable bonds is 3. The molecule has 2 aliphatic carbocycles. The minimum absolute atomic E-state index is 1.25. The molecule has 0 radical (unpaired) electrons. The van der Waals surface area contributed by atoms with Gasteiger partial charge in [0.15, 0.2) is 0 Å². The SMILES string of the molecule is c1ccc(-c2ccc(C3=C4C(=C(c5cccc6ccccc56)c5ccccc54)c4ccccc43)c3ccccc23)cc1. The lowest BCUT2D eigenvalue weighted by atomic mass is 9.87. The first-order chi connectivity index (χ1) is 20.9. The van der Waals surface area contributed by atoms with Crippen LogP contribution in [-0.4, -0.2) is 0 Å². The molecule has 0 fully saturated rings. The molecule has 2 aliphatic rings. The van der Waals surface area contributed by atoms with Gasteiger partial charge in [-0.1, -0.05) is 158 Å². The molecule has 0 nitrogen and oxygen atoms in total. The fourth-order valence-electron chi connectivity index (χ4n) is 7.29. The zero-order valence-corrected chi connectivity index (χ0v) is 23.0. The molecule has 0 saturated heterocycles. The van der Waals surface area contributed by atoms with Gasteiger partial charge in [-0.3, -0.25) is 0 Å². The van der Waals surface area contributed by atoms with Gasteiger partial charge in [-0.15, -0.1) is 0 Å². The smallest absolute Gasteiger partial charge is 0.000741 e. The quantitative estimate of drug-likeness (QED) is 0.213. The Morgan fingerprint density at radius 1 is 0.214 bits per heavy atom. The Morgan fingerprint density at radius 3 is 1.26 bits per heavy atom. The molecule has 0 bridgehead atoms. The molecule has 0 heteroatoms. The van der Waals surface area contributed by atoms with Crippen molar-refractivity contribution in [2.24, 2.45) is 0 Å². The monoisotopic (exact) mass is 530 g/mol. The van der Waals surface area contributed by atoms with E-state index in [4.69, 9.17) is 0 Å². The highest BCUT2D eigenvalue weighted by Gasteiger charge is 2.37. The van der Waals surface area contributed by atoms with E-state index in [1.807, 2.05) is 0 Å². The molecule has 0 saturated carbocycles. The summed E-state index contributed by atoms with van der Waals surface area (Å²) in [5.74, 6) is 0. The van der Waals surface area contributed by atoms with Crippen LogP contribution in [0.2, 0.25) is 0 Å². The fraction of sp³-hybridized carbons (Fsp3) is 0. The van der Waals surface area contributed by atoms with Crippen molar-refractivity contribution in [3.8, 4) is 11.1 Å². The first kappa shape index (κ1) is 23.3. The van der Waals surface area contributed by atoms with Gasteiger partial charge in [0.25, 0.3) is 0 Å². The highest BCUT2D eigenvalue weighted by Crippen LogP contribution is 2.59. The van der Waals surface area contributed by atoms with Gasteiger partial charge in [0.05, 0.1) is 0 Å². The summed E-state index contributed by atoms with van der Waals surface area (Å²) in [6.45, 7) is 0. The molecule has 0 heterocycles. The Balaban J connectivity index is 1.41. The number of benzene rings is 7. The summed E-state index contributed by atoms with van der Waals surface area (Å²) < 4.78 is 0. The molecule has 42 heavy (non-hydrogen) atoms. The first-order valence-corrected chi connectivity index (χ1v) is 14.6. The van der Waals surface area contributed by atoms with Crippen molar-refractivity contribution < 1.29 is 0 Å². The summed E-state index contributed by atoms with van der Waals surface area (Å²) in [7, 11) is 0. The van der Waals surface area contributed by atoms with Gasteiger partial charge in [-0.2, -0.15) is 0 Å². The summed E-state index contributed by atoms with van der Waals surface area (Å²) in [6, 6.07) is 57.8. The molecular formula is C42H26. The maximum atomic E-state index is 2.35. The molecule has 0 amide bonds. The number of allylic oxidation sites excluding steroid dienone is 2. The molecular weight excluding hydrogens is 504 g/mol. The van der Waals surface area contributed by atoms with E-state index in [0.29, 0.717) is 0 Å². The highest BCUT2D eigenvalue weighted by atomic mass is 14.4. The number of fused-ring (bicyclic) bond motifs is 7. The standard InChI is InChI=1S/C42H26/c1-2-13-27(14-3-1)30-25-26-38(32-19-7-6-18-31(30)32)40-35-21-9-11-23-37(35)41-39(34-20-8-10-22-36(34)42(40)41)33-24-12-16-28-15-4-5-17-29(28)33/h1-26H. The molecule has 0 aliphatic heterocycles. The maximum Gasteiger partial charge on any atom is -0.000741 e. The van der Waals surface area contributed by atoms with Crippen LogP contribution in [0.4, 0.5) is 0 Å². The van der Waals surface area contributed by atoms with E-state index in [2.05, 4.69) is 158 Å². The topological polar surface area (TPSA) is 0 Å². The predicted molar refractivity (Wildman–Crippen MR) is 178 cm³/mol. The van der Waals surface area contributed by atoms with Gasteiger partial charge in [0, 0.05) is 0 Å². The van der Waals surface area contributed by atoms with Gasteiger partial charge < -0.3 is 0 Å². The molecule has 7 aromatic rings. The van der Waals surface area contributed by atoms with Gasteiger partial charge >= 0.3 is 0 Å². The van der Waals surface area contributed by atoms with Crippen molar-refractivity contribution in [1.29, 1.82) is 0 Å². The van der Waals surface area contributed by atoms with E-state index in [-0.39, 0.29) is 0 Å². The molecule has 0 aromatic heterocycles. The normalized spacial score (nSPS) is 13.5. The molecule has 0 spiro atoms. The van der Waals surface area contributed by atoms with Crippen LogP contribution in [0.3, 0.4) is 0 Å². The number of hydrogen-bond donors (Lipinski definition) is 0. The summed E-state index contributed by atoms with van der Waals surface area (Å²) >= 11 is 0. The lowest BCUT2D eigenvalue weighted by Crippen LogP contribution is -1.94. The van der Waals surface area contributed by atoms with Crippen LogP contribution in [0.15, 0.2) is 158 Å². The third-order valence-corrected chi connectivity index (χ3v) is 9.02. The van der Waals surface area contributed by atoms with Crippen LogP contribution in [0.5, 0.6) is 0 Å². The summed E-state index contributed by atoms with van der Waals surface area (Å²) in [5.41, 5.74) is 15.7. The minimum atomic E-state index is 1.25. The zero-order valence-electron chi connectivity index (χ0n) is 23.0. The predicted octanol–water partition coefficient (Wildman–Crippen LogP) is 10.9. The summed E-state index contributed by atoms with van der Waals surface area (Å²) in [6.07, 6.45) is 0. The van der Waals surface area contributed by atoms with Crippen molar-refractivity contribution in [2.45, 2.75) is 0 Å². The van der Waals surface area contributed by atoms with Crippen molar-refractivity contribution in [2.75, 3.05) is 0 Å². The molecule has 194 valence electrons. The van der Waals surface area contributed by atoms with Crippen molar-refractivity contribution in [1.82, 2.24) is 0 Å². The third kappa shape index (κ3) is 3.24. The average Bonchev–Trinajstić information content (AvgIpc) is 3.57. The van der Waals surface area contributed by atoms with E-state index >= 15 is 0 Å². The van der Waals surface area contributed by atoms with Crippen LogP contribution in [-0.2, 0) is 0 Å². The second-order valence-corrected chi connectivity index (χ2v) is 11.2. The van der Waals surface area contributed by atoms with Crippen LogP contribution in [0.25, 0.3) is 55.0 Å². The minimum Gasteiger partial charge on any atom is -0.0622 e. The van der Waals surface area contributed by atoms with Crippen LogP contribution in [0.1, 0.15) is 33.4 Å². The van der Waals surface area contributed by atoms with E-state index in [9.17, 15) is 0 Å². The maximum absolute atomic E-state index is 2.35. The van der Waals surface area contributed by atoms with Gasteiger partial charge in [-0.25, -0.2) is 0 Å². The van der Waals surface area contributed by atoms with Crippen molar-refractivity contribution in [3.05, 3.63) is 191 Å². The second kappa shape index (κ2) is 9.03. The van der Waals surface area contributed by atoms with Crippen molar-refractivity contribution in [3.63, 3.8) is 0 Å². The summed E-state index contributed by atoms with van der Waals surface area (Å²) in [5, 5.41) is 5.13. The Bertz CT molecular complexity index is 2270. The van der Waals surface area contributed by atoms with E-state index in [1.165, 1.54) is 88.3 Å². The van der Waals surface area contributed by atoms with Crippen molar-refractivity contribution >= 4 is 43.8 Å². The van der Waals surface area contributed by atoms with Crippen LogP contribution in [0, 0.1) is 0 Å². The Hall–Kier alpha value is -5.46. The van der Waals surface area contributed by atoms with E-state index in [0.717, 1.165) is 0 Å². The molecule has 0 atom stereocenters. The first-order valence-electron chi connectivity index (χ1n) is 14.6. The summed E-state index contributed by atoms with van der Waals surface area (Å²) in [4.78, 5) is 0. The highest BCUT2D eigenvalue weighted by molar-refractivity contribution is 6.37.